The summed E-state index contributed by atoms with van der Waals surface area (Å²) in [6, 6.07) is 18.0. The van der Waals surface area contributed by atoms with Crippen LogP contribution in [0.2, 0.25) is 0 Å². The lowest BCUT2D eigenvalue weighted by Crippen LogP contribution is -2.37. The zero-order valence-corrected chi connectivity index (χ0v) is 19.3. The fraction of sp³-hybridized carbons (Fsp3) is 0.370. The highest BCUT2D eigenvalue weighted by Crippen LogP contribution is 2.34. The molecule has 2 aromatic carbocycles. The van der Waals surface area contributed by atoms with Gasteiger partial charge in [-0.3, -0.25) is 4.79 Å². The van der Waals surface area contributed by atoms with Crippen molar-refractivity contribution in [1.82, 2.24) is 19.4 Å². The predicted octanol–water partition coefficient (Wildman–Crippen LogP) is 3.99. The van der Waals surface area contributed by atoms with Crippen LogP contribution in [0.15, 0.2) is 73.3 Å². The fourth-order valence-corrected chi connectivity index (χ4v) is 5.02. The van der Waals surface area contributed by atoms with Gasteiger partial charge in [0.25, 0.3) is 5.91 Å². The Morgan fingerprint density at radius 1 is 1.03 bits per heavy atom. The van der Waals surface area contributed by atoms with Crippen LogP contribution in [0.1, 0.15) is 40.7 Å². The molecule has 5 rings (SSSR count). The summed E-state index contributed by atoms with van der Waals surface area (Å²) in [5.74, 6) is 0.0398. The second-order valence-corrected chi connectivity index (χ2v) is 9.25. The van der Waals surface area contributed by atoms with E-state index < -0.39 is 5.60 Å². The van der Waals surface area contributed by atoms with Crippen molar-refractivity contribution in [1.29, 1.82) is 0 Å². The Balaban J connectivity index is 1.23. The third-order valence-corrected chi connectivity index (χ3v) is 6.90. The monoisotopic (exact) mass is 458 g/mol. The van der Waals surface area contributed by atoms with Gasteiger partial charge in [0, 0.05) is 50.6 Å². The van der Waals surface area contributed by atoms with E-state index in [9.17, 15) is 9.59 Å². The summed E-state index contributed by atoms with van der Waals surface area (Å²) in [5, 5.41) is 0. The largest absolute Gasteiger partial charge is 0.441 e. The maximum atomic E-state index is 13.5. The highest BCUT2D eigenvalue weighted by molar-refractivity contribution is 5.95. The predicted molar refractivity (Wildman–Crippen MR) is 128 cm³/mol. The first-order valence-corrected chi connectivity index (χ1v) is 12.0. The molecule has 0 saturated carbocycles. The number of rotatable bonds is 6. The number of likely N-dealkylation sites (tertiary alicyclic amines) is 1. The van der Waals surface area contributed by atoms with Crippen molar-refractivity contribution in [2.24, 2.45) is 0 Å². The second kappa shape index (κ2) is 9.71. The Labute approximate surface area is 200 Å². The SMILES string of the molecule is O=C1OC2(CCCN(C(=O)c3ccccc3Cn3ccnc3)CC2)CN1CCc1ccccc1. The van der Waals surface area contributed by atoms with Crippen molar-refractivity contribution in [3.8, 4) is 0 Å². The molecular weight excluding hydrogens is 428 g/mol. The average molecular weight is 459 g/mol. The van der Waals surface area contributed by atoms with E-state index in [4.69, 9.17) is 4.74 Å². The Hall–Kier alpha value is -3.61. The number of ether oxygens (including phenoxy) is 1. The van der Waals surface area contributed by atoms with Gasteiger partial charge in [0.15, 0.2) is 0 Å². The molecule has 1 unspecified atom stereocenters. The lowest BCUT2D eigenvalue weighted by molar-refractivity contribution is 0.0438. The van der Waals surface area contributed by atoms with Gasteiger partial charge in [0.05, 0.1) is 12.9 Å². The van der Waals surface area contributed by atoms with E-state index in [-0.39, 0.29) is 12.0 Å². The molecule has 0 N–H and O–H groups in total. The number of aromatic nitrogens is 2. The van der Waals surface area contributed by atoms with Gasteiger partial charge in [-0.25, -0.2) is 9.78 Å². The number of benzene rings is 2. The smallest absolute Gasteiger partial charge is 0.410 e. The number of hydrogen-bond donors (Lipinski definition) is 0. The zero-order valence-electron chi connectivity index (χ0n) is 19.3. The van der Waals surface area contributed by atoms with Crippen LogP contribution in [0.25, 0.3) is 0 Å². The van der Waals surface area contributed by atoms with Gasteiger partial charge in [-0.05, 0) is 36.5 Å². The van der Waals surface area contributed by atoms with E-state index in [2.05, 4.69) is 17.1 Å². The first-order chi connectivity index (χ1) is 16.6. The Morgan fingerprint density at radius 2 is 1.85 bits per heavy atom. The highest BCUT2D eigenvalue weighted by atomic mass is 16.6. The molecule has 2 fully saturated rings. The summed E-state index contributed by atoms with van der Waals surface area (Å²) >= 11 is 0. The molecule has 176 valence electrons. The summed E-state index contributed by atoms with van der Waals surface area (Å²) in [6.45, 7) is 3.10. The van der Waals surface area contributed by atoms with E-state index in [1.807, 2.05) is 63.0 Å². The van der Waals surface area contributed by atoms with Gasteiger partial charge in [0.2, 0.25) is 0 Å². The van der Waals surface area contributed by atoms with Gasteiger partial charge in [-0.15, -0.1) is 0 Å². The minimum atomic E-state index is -0.501. The molecule has 1 spiro atoms. The zero-order chi connectivity index (χ0) is 23.4. The summed E-state index contributed by atoms with van der Waals surface area (Å²) < 4.78 is 7.90. The number of imidazole rings is 1. The van der Waals surface area contributed by atoms with Crippen LogP contribution in [-0.4, -0.2) is 63.1 Å². The van der Waals surface area contributed by atoms with E-state index in [0.29, 0.717) is 39.1 Å². The Bertz CT molecular complexity index is 1130. The minimum absolute atomic E-state index is 0.0398. The van der Waals surface area contributed by atoms with Crippen molar-refractivity contribution in [3.63, 3.8) is 0 Å². The van der Waals surface area contributed by atoms with Gasteiger partial charge in [-0.1, -0.05) is 48.5 Å². The van der Waals surface area contributed by atoms with Gasteiger partial charge in [0.1, 0.15) is 5.60 Å². The highest BCUT2D eigenvalue weighted by Gasteiger charge is 2.46. The number of hydrogen-bond acceptors (Lipinski definition) is 4. The lowest BCUT2D eigenvalue weighted by atomic mass is 9.95. The molecule has 2 aliphatic heterocycles. The van der Waals surface area contributed by atoms with Gasteiger partial charge in [-0.2, -0.15) is 0 Å². The normalized spacial score (nSPS) is 20.4. The molecular formula is C27H30N4O3. The number of nitrogens with zero attached hydrogens (tertiary/aromatic N) is 4. The number of carbonyl (C=O) groups excluding carboxylic acids is 2. The average Bonchev–Trinajstić information content (AvgIpc) is 3.42. The van der Waals surface area contributed by atoms with Crippen LogP contribution in [0.4, 0.5) is 4.79 Å². The molecule has 34 heavy (non-hydrogen) atoms. The van der Waals surface area contributed by atoms with Crippen molar-refractivity contribution >= 4 is 12.0 Å². The van der Waals surface area contributed by atoms with Crippen molar-refractivity contribution < 1.29 is 14.3 Å². The molecule has 0 radical (unpaired) electrons. The maximum absolute atomic E-state index is 13.5. The van der Waals surface area contributed by atoms with Crippen LogP contribution in [0.5, 0.6) is 0 Å². The van der Waals surface area contributed by atoms with Crippen LogP contribution in [0, 0.1) is 0 Å². The molecule has 3 aromatic rings. The van der Waals surface area contributed by atoms with Crippen molar-refractivity contribution in [3.05, 3.63) is 90.0 Å². The Morgan fingerprint density at radius 3 is 2.68 bits per heavy atom. The number of carbonyl (C=O) groups is 2. The number of amides is 2. The molecule has 0 bridgehead atoms. The maximum Gasteiger partial charge on any atom is 0.410 e. The standard InChI is InChI=1S/C27H30N4O3/c32-25(24-10-5-4-9-23(24)19-29-18-14-28-21-29)30-15-6-12-27(13-17-30)20-31(26(33)34-27)16-11-22-7-2-1-3-8-22/h1-5,7-10,14,18,21H,6,11-13,15-17,19-20H2. The van der Waals surface area contributed by atoms with Crippen LogP contribution >= 0.6 is 0 Å². The first kappa shape index (κ1) is 22.2. The third-order valence-electron chi connectivity index (χ3n) is 6.90. The summed E-state index contributed by atoms with van der Waals surface area (Å²) in [7, 11) is 0. The molecule has 7 nitrogen and oxygen atoms in total. The van der Waals surface area contributed by atoms with E-state index >= 15 is 0 Å². The Kier molecular flexibility index (Phi) is 6.34. The van der Waals surface area contributed by atoms with E-state index in [1.165, 1.54) is 5.56 Å². The quantitative estimate of drug-likeness (QED) is 0.560. The fourth-order valence-electron chi connectivity index (χ4n) is 5.02. The summed E-state index contributed by atoms with van der Waals surface area (Å²) in [5.41, 5.74) is 2.41. The van der Waals surface area contributed by atoms with Gasteiger partial charge < -0.3 is 19.1 Å². The molecule has 3 heterocycles. The summed E-state index contributed by atoms with van der Waals surface area (Å²) in [6.07, 6.45) is 8.23. The molecule has 2 saturated heterocycles. The molecule has 1 aromatic heterocycles. The van der Waals surface area contributed by atoms with Crippen LogP contribution < -0.4 is 0 Å². The first-order valence-electron chi connectivity index (χ1n) is 12.0. The van der Waals surface area contributed by atoms with Crippen LogP contribution in [0.3, 0.4) is 0 Å². The molecule has 2 aliphatic rings. The van der Waals surface area contributed by atoms with Crippen molar-refractivity contribution in [2.45, 2.75) is 37.8 Å². The van der Waals surface area contributed by atoms with E-state index in [1.54, 1.807) is 12.5 Å². The molecule has 7 heteroatoms. The molecule has 0 aliphatic carbocycles. The minimum Gasteiger partial charge on any atom is -0.441 e. The van der Waals surface area contributed by atoms with Gasteiger partial charge >= 0.3 is 6.09 Å². The lowest BCUT2D eigenvalue weighted by Gasteiger charge is -2.26. The summed E-state index contributed by atoms with van der Waals surface area (Å²) in [4.78, 5) is 33.9. The van der Waals surface area contributed by atoms with Crippen molar-refractivity contribution in [2.75, 3.05) is 26.2 Å². The van der Waals surface area contributed by atoms with Crippen LogP contribution in [-0.2, 0) is 17.7 Å². The van der Waals surface area contributed by atoms with E-state index in [0.717, 1.165) is 30.4 Å². The molecule has 2 amide bonds. The second-order valence-electron chi connectivity index (χ2n) is 9.25. The third kappa shape index (κ3) is 4.83. The topological polar surface area (TPSA) is 67.7 Å². The molecule has 1 atom stereocenters.